The summed E-state index contributed by atoms with van der Waals surface area (Å²) in [5, 5.41) is 1.57. The van der Waals surface area contributed by atoms with Crippen molar-refractivity contribution in [2.75, 3.05) is 5.01 Å². The highest BCUT2D eigenvalue weighted by Crippen LogP contribution is 2.18. The fraction of sp³-hybridized carbons (Fsp3) is 0. The monoisotopic (exact) mass is 214 g/mol. The Morgan fingerprint density at radius 2 is 2.00 bits per heavy atom. The molecule has 0 aliphatic carbocycles. The first kappa shape index (κ1) is 10.2. The summed E-state index contributed by atoms with van der Waals surface area (Å²) in [7, 11) is 0. The highest BCUT2D eigenvalue weighted by Gasteiger charge is 2.18. The van der Waals surface area contributed by atoms with E-state index >= 15 is 0 Å². The minimum absolute atomic E-state index is 0.308. The topological polar surface area (TPSA) is 49.4 Å². The van der Waals surface area contributed by atoms with Gasteiger partial charge in [0.2, 0.25) is 5.78 Å². The van der Waals surface area contributed by atoms with Crippen molar-refractivity contribution in [2.45, 2.75) is 0 Å². The molecule has 1 aromatic rings. The molecule has 1 N–H and O–H groups in total. The van der Waals surface area contributed by atoms with E-state index in [9.17, 15) is 9.59 Å². The normalized spacial score (nSPS) is 14.0. The van der Waals surface area contributed by atoms with Gasteiger partial charge in [-0.2, -0.15) is 0 Å². The maximum Gasteiger partial charge on any atom is 0.243 e. The first-order valence-electron chi connectivity index (χ1n) is 4.80. The molecule has 4 heteroatoms. The molecule has 0 saturated heterocycles. The Kier molecular flexibility index (Phi) is 2.82. The zero-order chi connectivity index (χ0) is 11.4. The number of anilines is 1. The Morgan fingerprint density at radius 3 is 2.69 bits per heavy atom. The molecule has 0 amide bonds. The Balaban J connectivity index is 2.35. The lowest BCUT2D eigenvalue weighted by Crippen LogP contribution is -2.38. The van der Waals surface area contributed by atoms with Crippen LogP contribution in [0.1, 0.15) is 0 Å². The van der Waals surface area contributed by atoms with Crippen molar-refractivity contribution in [3.63, 3.8) is 0 Å². The number of Topliss-reactive ketones (excluding diaryl/α,β-unsaturated/α-hetero) is 1. The van der Waals surface area contributed by atoms with Crippen molar-refractivity contribution in [3.05, 3.63) is 54.4 Å². The number of nitrogens with one attached hydrogen (secondary N) is 1. The number of allylic oxidation sites excluding steroid dienone is 3. The number of ketones is 1. The van der Waals surface area contributed by atoms with Crippen LogP contribution < -0.4 is 10.4 Å². The summed E-state index contributed by atoms with van der Waals surface area (Å²) in [6, 6.07) is 9.29. The van der Waals surface area contributed by atoms with Crippen LogP contribution in [0.4, 0.5) is 5.69 Å². The van der Waals surface area contributed by atoms with Gasteiger partial charge >= 0.3 is 0 Å². The molecule has 0 radical (unpaired) electrons. The van der Waals surface area contributed by atoms with E-state index in [0.717, 1.165) is 5.69 Å². The highest BCUT2D eigenvalue weighted by molar-refractivity contribution is 6.34. The molecule has 0 saturated carbocycles. The van der Waals surface area contributed by atoms with E-state index in [4.69, 9.17) is 0 Å². The molecular weight excluding hydrogens is 204 g/mol. The molecule has 0 aromatic heterocycles. The van der Waals surface area contributed by atoms with E-state index in [1.54, 1.807) is 23.4 Å². The van der Waals surface area contributed by atoms with Crippen molar-refractivity contribution in [1.82, 2.24) is 5.43 Å². The molecule has 16 heavy (non-hydrogen) atoms. The molecule has 0 bridgehead atoms. The minimum Gasteiger partial charge on any atom is -0.301 e. The highest BCUT2D eigenvalue weighted by atomic mass is 16.2. The predicted molar refractivity (Wildman–Crippen MR) is 60.4 cm³/mol. The zero-order valence-corrected chi connectivity index (χ0v) is 8.46. The van der Waals surface area contributed by atoms with Crippen LogP contribution in [0.3, 0.4) is 0 Å². The van der Waals surface area contributed by atoms with Crippen molar-refractivity contribution in [2.24, 2.45) is 0 Å². The molecule has 0 atom stereocenters. The number of hydrogen-bond acceptors (Lipinski definition) is 4. The average Bonchev–Trinajstić information content (AvgIpc) is 2.39. The maximum atomic E-state index is 11.4. The first-order valence-corrected chi connectivity index (χ1v) is 4.80. The quantitative estimate of drug-likeness (QED) is 0.606. The van der Waals surface area contributed by atoms with Crippen LogP contribution in [0.25, 0.3) is 0 Å². The van der Waals surface area contributed by atoms with Gasteiger partial charge in [-0.3, -0.25) is 14.6 Å². The van der Waals surface area contributed by atoms with Gasteiger partial charge in [0, 0.05) is 6.20 Å². The second-order valence-electron chi connectivity index (χ2n) is 3.19. The molecular formula is C12H10N2O2. The van der Waals surface area contributed by atoms with E-state index in [1.165, 1.54) is 0 Å². The van der Waals surface area contributed by atoms with Gasteiger partial charge in [-0.05, 0) is 24.3 Å². The van der Waals surface area contributed by atoms with Crippen molar-refractivity contribution < 1.29 is 9.59 Å². The molecule has 0 unspecified atom stereocenters. The number of carbonyl (C=O) groups excluding carboxylic acids is 2. The standard InChI is InChI=1S/C12H10N2O2/c15-9-12(16)11-7-4-8-13-14(11)10-5-2-1-3-6-10/h1-9,13H. The minimum atomic E-state index is -0.555. The van der Waals surface area contributed by atoms with Crippen LogP contribution >= 0.6 is 0 Å². The Hall–Kier alpha value is -2.36. The largest absolute Gasteiger partial charge is 0.301 e. The van der Waals surface area contributed by atoms with E-state index in [-0.39, 0.29) is 0 Å². The zero-order valence-electron chi connectivity index (χ0n) is 8.46. The number of nitrogens with zero attached hydrogens (tertiary/aromatic N) is 1. The summed E-state index contributed by atoms with van der Waals surface area (Å²) >= 11 is 0. The molecule has 1 aliphatic heterocycles. The van der Waals surface area contributed by atoms with Gasteiger partial charge in [0.1, 0.15) is 5.70 Å². The average molecular weight is 214 g/mol. The number of benzene rings is 1. The molecule has 4 nitrogen and oxygen atoms in total. The summed E-state index contributed by atoms with van der Waals surface area (Å²) in [5.74, 6) is -0.555. The van der Waals surface area contributed by atoms with E-state index in [1.807, 2.05) is 30.3 Å². The first-order chi connectivity index (χ1) is 7.83. The number of hydrazine groups is 1. The van der Waals surface area contributed by atoms with Gasteiger partial charge in [0.25, 0.3) is 0 Å². The van der Waals surface area contributed by atoms with Gasteiger partial charge in [-0.1, -0.05) is 18.2 Å². The second-order valence-corrected chi connectivity index (χ2v) is 3.19. The summed E-state index contributed by atoms with van der Waals surface area (Å²) in [6.45, 7) is 0. The number of carbonyl (C=O) groups is 2. The lowest BCUT2D eigenvalue weighted by atomic mass is 10.2. The Bertz CT molecular complexity index is 463. The third-order valence-electron chi connectivity index (χ3n) is 2.17. The van der Waals surface area contributed by atoms with Crippen LogP contribution in [0.15, 0.2) is 54.4 Å². The lowest BCUT2D eigenvalue weighted by molar-refractivity contribution is -0.127. The number of hydrogen-bond donors (Lipinski definition) is 1. The van der Waals surface area contributed by atoms with Crippen LogP contribution in [0.2, 0.25) is 0 Å². The maximum absolute atomic E-state index is 11.4. The third kappa shape index (κ3) is 1.86. The summed E-state index contributed by atoms with van der Waals surface area (Å²) in [4.78, 5) is 21.9. The van der Waals surface area contributed by atoms with Crippen molar-refractivity contribution >= 4 is 17.8 Å². The van der Waals surface area contributed by atoms with E-state index < -0.39 is 5.78 Å². The number of para-hydroxylation sites is 1. The van der Waals surface area contributed by atoms with E-state index in [0.29, 0.717) is 12.0 Å². The van der Waals surface area contributed by atoms with Crippen LogP contribution in [-0.4, -0.2) is 12.1 Å². The van der Waals surface area contributed by atoms with Crippen LogP contribution in [0, 0.1) is 0 Å². The van der Waals surface area contributed by atoms with Crippen molar-refractivity contribution in [1.29, 1.82) is 0 Å². The van der Waals surface area contributed by atoms with Gasteiger partial charge in [0.05, 0.1) is 5.69 Å². The number of rotatable bonds is 3. The molecule has 0 fully saturated rings. The van der Waals surface area contributed by atoms with Crippen LogP contribution in [0.5, 0.6) is 0 Å². The SMILES string of the molecule is O=CC(=O)C1=CC=CNN1c1ccccc1. The predicted octanol–water partition coefficient (Wildman–Crippen LogP) is 1.18. The fourth-order valence-electron chi connectivity index (χ4n) is 1.44. The van der Waals surface area contributed by atoms with Gasteiger partial charge < -0.3 is 5.43 Å². The molecule has 1 heterocycles. The molecule has 1 aliphatic rings. The van der Waals surface area contributed by atoms with Crippen LogP contribution in [-0.2, 0) is 9.59 Å². The molecule has 80 valence electrons. The van der Waals surface area contributed by atoms with Gasteiger partial charge in [-0.25, -0.2) is 0 Å². The molecule has 0 spiro atoms. The smallest absolute Gasteiger partial charge is 0.243 e. The van der Waals surface area contributed by atoms with Crippen molar-refractivity contribution in [3.8, 4) is 0 Å². The summed E-state index contributed by atoms with van der Waals surface area (Å²) in [6.07, 6.45) is 5.27. The van der Waals surface area contributed by atoms with Gasteiger partial charge in [-0.15, -0.1) is 0 Å². The van der Waals surface area contributed by atoms with E-state index in [2.05, 4.69) is 5.43 Å². The van der Waals surface area contributed by atoms with Gasteiger partial charge in [0.15, 0.2) is 6.29 Å². The Labute approximate surface area is 92.8 Å². The fourth-order valence-corrected chi connectivity index (χ4v) is 1.44. The summed E-state index contributed by atoms with van der Waals surface area (Å²) < 4.78 is 0. The lowest BCUT2D eigenvalue weighted by Gasteiger charge is -2.27. The molecule has 1 aromatic carbocycles. The molecule has 2 rings (SSSR count). The third-order valence-corrected chi connectivity index (χ3v) is 2.17. The summed E-state index contributed by atoms with van der Waals surface area (Å²) in [5.41, 5.74) is 4.01. The Morgan fingerprint density at radius 1 is 1.25 bits per heavy atom. The number of aldehydes is 1. The second kappa shape index (κ2) is 4.44.